The van der Waals surface area contributed by atoms with Gasteiger partial charge in [0, 0.05) is 21.8 Å². The number of imidazole rings is 1. The second kappa shape index (κ2) is 9.03. The Morgan fingerprint density at radius 2 is 1.09 bits per heavy atom. The van der Waals surface area contributed by atoms with Crippen molar-refractivity contribution in [3.63, 3.8) is 0 Å². The molecule has 0 unspecified atom stereocenters. The molecule has 0 saturated heterocycles. The number of nitrogens with zero attached hydrogens (tertiary/aromatic N) is 5. The van der Waals surface area contributed by atoms with Gasteiger partial charge in [-0.25, -0.2) is 18.4 Å². The predicted octanol–water partition coefficient (Wildman–Crippen LogP) is 8.75. The highest BCUT2D eigenvalue weighted by molar-refractivity contribution is 7.92. The van der Waals surface area contributed by atoms with Crippen LogP contribution in [0.1, 0.15) is 0 Å². The first kappa shape index (κ1) is 25.3. The van der Waals surface area contributed by atoms with Gasteiger partial charge in [0.1, 0.15) is 5.65 Å². The van der Waals surface area contributed by atoms with Crippen molar-refractivity contribution in [2.75, 3.05) is 4.90 Å². The van der Waals surface area contributed by atoms with Gasteiger partial charge in [-0.1, -0.05) is 72.8 Å². The summed E-state index contributed by atoms with van der Waals surface area (Å²) < 4.78 is 31.8. The molecule has 3 aromatic heterocycles. The highest BCUT2D eigenvalue weighted by atomic mass is 32.2. The third-order valence-electron chi connectivity index (χ3n) is 9.03. The Bertz CT molecular complexity index is 2800. The Kier molecular flexibility index (Phi) is 4.98. The van der Waals surface area contributed by atoms with E-state index >= 15 is 0 Å². The first-order valence-corrected chi connectivity index (χ1v) is 16.5. The number of aromatic nitrogens is 4. The van der Waals surface area contributed by atoms with E-state index in [1.54, 1.807) is 24.3 Å². The molecule has 0 saturated carbocycles. The summed E-state index contributed by atoms with van der Waals surface area (Å²) in [5, 5.41) is 3.14. The maximum Gasteiger partial charge on any atom is 0.221 e. The van der Waals surface area contributed by atoms with Crippen molar-refractivity contribution in [2.45, 2.75) is 9.79 Å². The number of hydrogen-bond acceptors (Lipinski definition) is 5. The molecule has 0 radical (unpaired) electrons. The molecule has 0 fully saturated rings. The van der Waals surface area contributed by atoms with Crippen molar-refractivity contribution in [3.05, 3.63) is 140 Å². The Morgan fingerprint density at radius 3 is 1.85 bits per heavy atom. The lowest BCUT2D eigenvalue weighted by atomic mass is 10.1. The molecule has 6 aromatic carbocycles. The Labute approximate surface area is 263 Å². The minimum absolute atomic E-state index is 0.289. The van der Waals surface area contributed by atoms with Crippen LogP contribution in [0.25, 0.3) is 55.3 Å². The van der Waals surface area contributed by atoms with Gasteiger partial charge in [0.2, 0.25) is 15.8 Å². The number of para-hydroxylation sites is 6. The number of sulfone groups is 1. The maximum absolute atomic E-state index is 13.7. The average Bonchev–Trinajstić information content (AvgIpc) is 3.65. The zero-order chi connectivity index (χ0) is 30.6. The molecule has 0 spiro atoms. The maximum atomic E-state index is 13.7. The molecule has 0 atom stereocenters. The highest BCUT2D eigenvalue weighted by Crippen LogP contribution is 2.48. The van der Waals surface area contributed by atoms with Crippen LogP contribution in [0.15, 0.2) is 149 Å². The number of anilines is 3. The van der Waals surface area contributed by atoms with Crippen LogP contribution in [-0.2, 0) is 9.84 Å². The molecule has 218 valence electrons. The molecule has 0 amide bonds. The van der Waals surface area contributed by atoms with Gasteiger partial charge in [0.25, 0.3) is 0 Å². The zero-order valence-electron chi connectivity index (χ0n) is 24.2. The van der Waals surface area contributed by atoms with Gasteiger partial charge in [0.15, 0.2) is 0 Å². The SMILES string of the molecule is O=S1(=O)c2ccccc2N(c2ccc3c4ccccc4n(-c4nc5ccccc5c5nc6ccccc6n45)c3c2)c2ccccc21. The summed E-state index contributed by atoms with van der Waals surface area (Å²) in [7, 11) is -3.68. The van der Waals surface area contributed by atoms with Gasteiger partial charge in [-0.05, 0) is 66.7 Å². The Balaban J connectivity index is 1.34. The van der Waals surface area contributed by atoms with Gasteiger partial charge in [-0.3, -0.25) is 8.97 Å². The van der Waals surface area contributed by atoms with Gasteiger partial charge >= 0.3 is 0 Å². The van der Waals surface area contributed by atoms with Gasteiger partial charge in [0.05, 0.1) is 48.7 Å². The van der Waals surface area contributed by atoms with Crippen LogP contribution in [0, 0.1) is 0 Å². The molecule has 8 heteroatoms. The summed E-state index contributed by atoms with van der Waals surface area (Å²) in [6.07, 6.45) is 0. The van der Waals surface area contributed by atoms with Gasteiger partial charge in [-0.2, -0.15) is 0 Å². The Morgan fingerprint density at radius 1 is 0.500 bits per heavy atom. The number of fused-ring (bicyclic) bond motifs is 10. The lowest BCUT2D eigenvalue weighted by molar-refractivity contribution is 0.595. The summed E-state index contributed by atoms with van der Waals surface area (Å²) >= 11 is 0. The topological polar surface area (TPSA) is 72.5 Å². The minimum atomic E-state index is -3.68. The molecular weight excluding hydrogens is 591 g/mol. The minimum Gasteiger partial charge on any atom is -0.308 e. The van der Waals surface area contributed by atoms with E-state index in [4.69, 9.17) is 9.97 Å². The molecule has 10 rings (SSSR count). The molecule has 7 nitrogen and oxygen atoms in total. The molecule has 0 aliphatic carbocycles. The fourth-order valence-electron chi connectivity index (χ4n) is 7.06. The summed E-state index contributed by atoms with van der Waals surface area (Å²) in [6, 6.07) is 45.4. The smallest absolute Gasteiger partial charge is 0.221 e. The second-order valence-electron chi connectivity index (χ2n) is 11.5. The van der Waals surface area contributed by atoms with Crippen LogP contribution in [0.4, 0.5) is 17.1 Å². The molecule has 46 heavy (non-hydrogen) atoms. The largest absolute Gasteiger partial charge is 0.308 e. The van der Waals surface area contributed by atoms with Crippen LogP contribution < -0.4 is 4.90 Å². The molecular formula is C38H23N5O2S. The summed E-state index contributed by atoms with van der Waals surface area (Å²) in [4.78, 5) is 13.0. The van der Waals surface area contributed by atoms with Crippen molar-refractivity contribution in [1.29, 1.82) is 0 Å². The fourth-order valence-corrected chi connectivity index (χ4v) is 8.68. The first-order valence-electron chi connectivity index (χ1n) is 15.0. The van der Waals surface area contributed by atoms with E-state index in [1.807, 2.05) is 71.6 Å². The van der Waals surface area contributed by atoms with Crippen LogP contribution >= 0.6 is 0 Å². The molecule has 1 aliphatic rings. The molecule has 4 heterocycles. The normalized spacial score (nSPS) is 14.0. The van der Waals surface area contributed by atoms with Crippen molar-refractivity contribution < 1.29 is 8.42 Å². The fraction of sp³-hybridized carbons (Fsp3) is 0. The van der Waals surface area contributed by atoms with E-state index in [1.165, 1.54) is 0 Å². The number of rotatable bonds is 2. The molecule has 0 bridgehead atoms. The zero-order valence-corrected chi connectivity index (χ0v) is 25.1. The highest BCUT2D eigenvalue weighted by Gasteiger charge is 2.34. The standard InChI is InChI=1S/C38H23N5O2S/c44-46(45)35-19-9-7-17-32(35)41(33-18-8-10-20-36(33)46)24-21-22-26-25-11-2-5-15-30(25)42(34(26)23-24)38-40-28-13-3-1-12-27(28)37-39-29-14-4-6-16-31(29)43(37)38/h1-23H. The average molecular weight is 614 g/mol. The number of hydrogen-bond donors (Lipinski definition) is 0. The third-order valence-corrected chi connectivity index (χ3v) is 10.9. The quantitative estimate of drug-likeness (QED) is 0.195. The van der Waals surface area contributed by atoms with E-state index in [9.17, 15) is 8.42 Å². The van der Waals surface area contributed by atoms with E-state index in [0.29, 0.717) is 11.4 Å². The third kappa shape index (κ3) is 3.28. The van der Waals surface area contributed by atoms with Crippen molar-refractivity contribution in [2.24, 2.45) is 0 Å². The lowest BCUT2D eigenvalue weighted by Gasteiger charge is -2.33. The van der Waals surface area contributed by atoms with Gasteiger partial charge in [-0.15, -0.1) is 0 Å². The van der Waals surface area contributed by atoms with Crippen LogP contribution in [0.5, 0.6) is 0 Å². The van der Waals surface area contributed by atoms with Crippen LogP contribution in [0.3, 0.4) is 0 Å². The lowest BCUT2D eigenvalue weighted by Crippen LogP contribution is -2.22. The summed E-state index contributed by atoms with van der Waals surface area (Å²) in [6.45, 7) is 0. The van der Waals surface area contributed by atoms with E-state index in [2.05, 4.69) is 57.5 Å². The molecule has 9 aromatic rings. The second-order valence-corrected chi connectivity index (χ2v) is 13.4. The summed E-state index contributed by atoms with van der Waals surface area (Å²) in [5.74, 6) is 0.729. The molecule has 0 N–H and O–H groups in total. The van der Waals surface area contributed by atoms with Crippen molar-refractivity contribution in [3.8, 4) is 5.95 Å². The Hall–Kier alpha value is -5.99. The first-order chi connectivity index (χ1) is 22.6. The monoisotopic (exact) mass is 613 g/mol. The van der Waals surface area contributed by atoms with Crippen molar-refractivity contribution in [1.82, 2.24) is 18.9 Å². The van der Waals surface area contributed by atoms with E-state index < -0.39 is 9.84 Å². The van der Waals surface area contributed by atoms with Crippen LogP contribution in [-0.4, -0.2) is 27.4 Å². The predicted molar refractivity (Wildman–Crippen MR) is 182 cm³/mol. The van der Waals surface area contributed by atoms with Crippen LogP contribution in [0.2, 0.25) is 0 Å². The number of benzene rings is 6. The van der Waals surface area contributed by atoms with Gasteiger partial charge < -0.3 is 4.90 Å². The molecule has 1 aliphatic heterocycles. The van der Waals surface area contributed by atoms with Crippen molar-refractivity contribution >= 4 is 76.3 Å². The summed E-state index contributed by atoms with van der Waals surface area (Å²) in [5.41, 5.74) is 7.61. The van der Waals surface area contributed by atoms with E-state index in [0.717, 1.165) is 61.0 Å². The van der Waals surface area contributed by atoms with E-state index in [-0.39, 0.29) is 9.79 Å².